The third kappa shape index (κ3) is 3.91. The zero-order valence-corrected chi connectivity index (χ0v) is 12.1. The maximum Gasteiger partial charge on any atom is 0.227 e. The molecule has 0 spiro atoms. The van der Waals surface area contributed by atoms with E-state index in [0.717, 1.165) is 18.5 Å². The van der Waals surface area contributed by atoms with Gasteiger partial charge in [0.05, 0.1) is 6.42 Å². The lowest BCUT2D eigenvalue weighted by molar-refractivity contribution is -0.135. The Balaban J connectivity index is 0.00000180. The van der Waals surface area contributed by atoms with E-state index < -0.39 is 0 Å². The van der Waals surface area contributed by atoms with Crippen molar-refractivity contribution in [1.29, 1.82) is 0 Å². The summed E-state index contributed by atoms with van der Waals surface area (Å²) in [5.41, 5.74) is 6.78. The molecule has 0 radical (unpaired) electrons. The van der Waals surface area contributed by atoms with Gasteiger partial charge in [0, 0.05) is 31.5 Å². The molecule has 1 amide bonds. The van der Waals surface area contributed by atoms with Crippen molar-refractivity contribution in [3.8, 4) is 0 Å². The number of aromatic nitrogens is 1. The van der Waals surface area contributed by atoms with Crippen LogP contribution in [0.1, 0.15) is 25.3 Å². The van der Waals surface area contributed by atoms with Crippen molar-refractivity contribution in [3.63, 3.8) is 0 Å². The molecule has 1 saturated heterocycles. The Hall–Kier alpha value is -1.13. The number of carbonyl (C=O) groups is 1. The van der Waals surface area contributed by atoms with Crippen molar-refractivity contribution in [2.24, 2.45) is 11.7 Å². The van der Waals surface area contributed by atoms with E-state index in [1.54, 1.807) is 12.4 Å². The fourth-order valence-electron chi connectivity index (χ4n) is 2.70. The molecule has 19 heavy (non-hydrogen) atoms. The quantitative estimate of drug-likeness (QED) is 0.917. The highest BCUT2D eigenvalue weighted by Crippen LogP contribution is 2.23. The van der Waals surface area contributed by atoms with Crippen LogP contribution < -0.4 is 5.73 Å². The topological polar surface area (TPSA) is 59.2 Å². The number of nitrogens with two attached hydrogens (primary N) is 1. The predicted octanol–water partition coefficient (Wildman–Crippen LogP) is 1.63. The molecule has 2 atom stereocenters. The third-order valence-corrected chi connectivity index (χ3v) is 3.76. The van der Waals surface area contributed by atoms with Crippen LogP contribution in [0.15, 0.2) is 24.5 Å². The van der Waals surface area contributed by atoms with Gasteiger partial charge in [0.15, 0.2) is 0 Å². The Morgan fingerprint density at radius 1 is 1.58 bits per heavy atom. The van der Waals surface area contributed by atoms with E-state index in [0.29, 0.717) is 18.9 Å². The van der Waals surface area contributed by atoms with E-state index in [4.69, 9.17) is 5.73 Å². The molecule has 2 N–H and O–H groups in total. The molecule has 1 aromatic heterocycles. The van der Waals surface area contributed by atoms with Crippen molar-refractivity contribution < 1.29 is 4.79 Å². The number of pyridine rings is 1. The monoisotopic (exact) mass is 283 g/mol. The van der Waals surface area contributed by atoms with Gasteiger partial charge in [0.1, 0.15) is 0 Å². The molecule has 2 heterocycles. The summed E-state index contributed by atoms with van der Waals surface area (Å²) in [4.78, 5) is 18.3. The number of hydrogen-bond donors (Lipinski definition) is 1. The first kappa shape index (κ1) is 15.9. The van der Waals surface area contributed by atoms with Gasteiger partial charge in [-0.3, -0.25) is 9.78 Å². The summed E-state index contributed by atoms with van der Waals surface area (Å²) in [6.45, 7) is 3.58. The van der Waals surface area contributed by atoms with E-state index in [1.807, 2.05) is 17.0 Å². The molecule has 4 nitrogen and oxygen atoms in total. The summed E-state index contributed by atoms with van der Waals surface area (Å²) >= 11 is 0. The smallest absolute Gasteiger partial charge is 0.227 e. The molecule has 0 bridgehead atoms. The first-order valence-electron chi connectivity index (χ1n) is 6.61. The Kier molecular flexibility index (Phi) is 6.25. The second-order valence-electron chi connectivity index (χ2n) is 5.05. The zero-order chi connectivity index (χ0) is 13.0. The molecular weight excluding hydrogens is 262 g/mol. The molecule has 106 valence electrons. The summed E-state index contributed by atoms with van der Waals surface area (Å²) in [6.07, 6.45) is 6.15. The zero-order valence-electron chi connectivity index (χ0n) is 11.3. The van der Waals surface area contributed by atoms with E-state index in [9.17, 15) is 4.79 Å². The maximum absolute atomic E-state index is 12.3. The minimum atomic E-state index is 0. The Labute approximate surface area is 120 Å². The minimum absolute atomic E-state index is 0. The third-order valence-electron chi connectivity index (χ3n) is 3.76. The summed E-state index contributed by atoms with van der Waals surface area (Å²) in [5, 5.41) is 0. The molecular formula is C14H22ClN3O. The number of piperidine rings is 1. The Morgan fingerprint density at radius 2 is 2.37 bits per heavy atom. The molecule has 1 aliphatic rings. The minimum Gasteiger partial charge on any atom is -0.338 e. The average Bonchev–Trinajstić information content (AvgIpc) is 2.39. The molecule has 2 unspecified atom stereocenters. The Morgan fingerprint density at radius 3 is 3.00 bits per heavy atom. The van der Waals surface area contributed by atoms with Crippen LogP contribution >= 0.6 is 12.4 Å². The second kappa shape index (κ2) is 7.46. The standard InChI is InChI=1S/C14H21N3O.ClH/c1-11-4-3-7-17(13(11)9-15)14(18)8-12-5-2-6-16-10-12;/h2,5-6,10-11,13H,3-4,7-9,15H2,1H3;1H. The van der Waals surface area contributed by atoms with Crippen molar-refractivity contribution in [3.05, 3.63) is 30.1 Å². The first-order valence-corrected chi connectivity index (χ1v) is 6.61. The number of amides is 1. The van der Waals surface area contributed by atoms with Gasteiger partial charge >= 0.3 is 0 Å². The Bertz CT molecular complexity index is 399. The molecule has 0 aromatic carbocycles. The highest BCUT2D eigenvalue weighted by molar-refractivity contribution is 5.85. The number of halogens is 1. The van der Waals surface area contributed by atoms with Gasteiger partial charge < -0.3 is 10.6 Å². The van der Waals surface area contributed by atoms with Crippen LogP contribution in [-0.4, -0.2) is 34.9 Å². The lowest BCUT2D eigenvalue weighted by Crippen LogP contribution is -2.51. The van der Waals surface area contributed by atoms with Crippen molar-refractivity contribution in [2.45, 2.75) is 32.2 Å². The lowest BCUT2D eigenvalue weighted by atomic mass is 9.90. The summed E-state index contributed by atoms with van der Waals surface area (Å²) < 4.78 is 0. The SMILES string of the molecule is CC1CCCN(C(=O)Cc2cccnc2)C1CN.Cl. The second-order valence-corrected chi connectivity index (χ2v) is 5.05. The first-order chi connectivity index (χ1) is 8.72. The van der Waals surface area contributed by atoms with Crippen LogP contribution in [0.25, 0.3) is 0 Å². The van der Waals surface area contributed by atoms with E-state index >= 15 is 0 Å². The van der Waals surface area contributed by atoms with Crippen molar-refractivity contribution in [2.75, 3.05) is 13.1 Å². The van der Waals surface area contributed by atoms with Crippen LogP contribution in [0.5, 0.6) is 0 Å². The lowest BCUT2D eigenvalue weighted by Gasteiger charge is -2.39. The van der Waals surface area contributed by atoms with Crippen LogP contribution in [0, 0.1) is 5.92 Å². The molecule has 5 heteroatoms. The molecule has 1 aromatic rings. The number of carbonyl (C=O) groups excluding carboxylic acids is 1. The average molecular weight is 284 g/mol. The molecule has 0 aliphatic carbocycles. The molecule has 1 aliphatic heterocycles. The summed E-state index contributed by atoms with van der Waals surface area (Å²) in [6, 6.07) is 4.00. The molecule has 0 saturated carbocycles. The van der Waals surface area contributed by atoms with Gasteiger partial charge in [0.2, 0.25) is 5.91 Å². The van der Waals surface area contributed by atoms with Gasteiger partial charge in [-0.15, -0.1) is 12.4 Å². The maximum atomic E-state index is 12.3. The largest absolute Gasteiger partial charge is 0.338 e. The van der Waals surface area contributed by atoms with E-state index in [1.165, 1.54) is 6.42 Å². The van der Waals surface area contributed by atoms with Crippen LogP contribution in [0.4, 0.5) is 0 Å². The predicted molar refractivity (Wildman–Crippen MR) is 78.1 cm³/mol. The van der Waals surface area contributed by atoms with Gasteiger partial charge in [-0.1, -0.05) is 13.0 Å². The van der Waals surface area contributed by atoms with E-state index in [2.05, 4.69) is 11.9 Å². The van der Waals surface area contributed by atoms with Crippen LogP contribution in [-0.2, 0) is 11.2 Å². The van der Waals surface area contributed by atoms with Gasteiger partial charge in [0.25, 0.3) is 0 Å². The summed E-state index contributed by atoms with van der Waals surface area (Å²) in [5.74, 6) is 0.673. The van der Waals surface area contributed by atoms with Crippen molar-refractivity contribution in [1.82, 2.24) is 9.88 Å². The van der Waals surface area contributed by atoms with Crippen molar-refractivity contribution >= 4 is 18.3 Å². The number of rotatable bonds is 3. The number of hydrogen-bond acceptors (Lipinski definition) is 3. The highest BCUT2D eigenvalue weighted by atomic mass is 35.5. The fraction of sp³-hybridized carbons (Fsp3) is 0.571. The van der Waals surface area contributed by atoms with E-state index in [-0.39, 0.29) is 24.4 Å². The summed E-state index contributed by atoms with van der Waals surface area (Å²) in [7, 11) is 0. The number of nitrogens with zero attached hydrogens (tertiary/aromatic N) is 2. The van der Waals surface area contributed by atoms with Crippen LogP contribution in [0.3, 0.4) is 0 Å². The van der Waals surface area contributed by atoms with Gasteiger partial charge in [-0.2, -0.15) is 0 Å². The molecule has 2 rings (SSSR count). The van der Waals surface area contributed by atoms with Gasteiger partial charge in [-0.05, 0) is 30.4 Å². The number of likely N-dealkylation sites (tertiary alicyclic amines) is 1. The fourth-order valence-corrected chi connectivity index (χ4v) is 2.70. The van der Waals surface area contributed by atoms with Gasteiger partial charge in [-0.25, -0.2) is 0 Å². The highest BCUT2D eigenvalue weighted by Gasteiger charge is 2.30. The normalized spacial score (nSPS) is 22.7. The van der Waals surface area contributed by atoms with Crippen LogP contribution in [0.2, 0.25) is 0 Å². The molecule has 1 fully saturated rings.